The summed E-state index contributed by atoms with van der Waals surface area (Å²) in [6, 6.07) is 1.68. The molecule has 0 atom stereocenters. The lowest BCUT2D eigenvalue weighted by Crippen LogP contribution is -2.34. The third-order valence-electron chi connectivity index (χ3n) is 2.59. The molecule has 0 aromatic carbocycles. The molecule has 0 saturated carbocycles. The summed E-state index contributed by atoms with van der Waals surface area (Å²) in [5, 5.41) is 9.49. The quantitative estimate of drug-likeness (QED) is 0.848. The summed E-state index contributed by atoms with van der Waals surface area (Å²) in [5.41, 5.74) is 0.590. The highest BCUT2D eigenvalue weighted by atomic mass is 35.5. The molecular formula is C12H19ClN2O2. The number of hydrogen-bond donors (Lipinski definition) is 1. The van der Waals surface area contributed by atoms with E-state index in [2.05, 4.69) is 0 Å². The Morgan fingerprint density at radius 2 is 2.24 bits per heavy atom. The number of carbonyl (C=O) groups excluding carboxylic acids is 1. The van der Waals surface area contributed by atoms with Gasteiger partial charge < -0.3 is 14.6 Å². The number of carbonyl (C=O) groups is 1. The molecule has 1 aromatic rings. The van der Waals surface area contributed by atoms with Crippen LogP contribution in [-0.2, 0) is 6.54 Å². The molecule has 1 amide bonds. The Balaban J connectivity index is 2.93. The summed E-state index contributed by atoms with van der Waals surface area (Å²) in [6.45, 7) is 5.61. The van der Waals surface area contributed by atoms with Gasteiger partial charge in [-0.05, 0) is 19.4 Å². The molecule has 17 heavy (non-hydrogen) atoms. The van der Waals surface area contributed by atoms with Crippen molar-refractivity contribution in [2.75, 3.05) is 19.7 Å². The van der Waals surface area contributed by atoms with Gasteiger partial charge in [-0.3, -0.25) is 4.79 Å². The van der Waals surface area contributed by atoms with Crippen molar-refractivity contribution in [1.82, 2.24) is 9.47 Å². The Morgan fingerprint density at radius 3 is 2.76 bits per heavy atom. The maximum absolute atomic E-state index is 12.2. The topological polar surface area (TPSA) is 45.5 Å². The van der Waals surface area contributed by atoms with Crippen LogP contribution in [0.4, 0.5) is 0 Å². The van der Waals surface area contributed by atoms with Crippen molar-refractivity contribution in [2.24, 2.45) is 0 Å². The first-order valence-corrected chi connectivity index (χ1v) is 6.27. The van der Waals surface area contributed by atoms with Gasteiger partial charge in [-0.2, -0.15) is 0 Å². The van der Waals surface area contributed by atoms with Gasteiger partial charge in [0, 0.05) is 25.8 Å². The van der Waals surface area contributed by atoms with Crippen molar-refractivity contribution in [2.45, 2.75) is 26.8 Å². The minimum atomic E-state index is -0.0816. The van der Waals surface area contributed by atoms with Crippen LogP contribution in [0, 0.1) is 0 Å². The second-order valence-electron chi connectivity index (χ2n) is 3.85. The van der Waals surface area contributed by atoms with Crippen LogP contribution in [0.2, 0.25) is 5.02 Å². The van der Waals surface area contributed by atoms with Crippen LogP contribution >= 0.6 is 11.6 Å². The number of aliphatic hydroxyl groups excluding tert-OH is 1. The van der Waals surface area contributed by atoms with E-state index in [0.29, 0.717) is 23.8 Å². The molecule has 0 saturated heterocycles. The average Bonchev–Trinajstić information content (AvgIpc) is 2.67. The Hall–Kier alpha value is -1.00. The molecule has 4 nitrogen and oxygen atoms in total. The molecule has 0 bridgehead atoms. The summed E-state index contributed by atoms with van der Waals surface area (Å²) in [7, 11) is 0. The zero-order valence-electron chi connectivity index (χ0n) is 10.3. The molecule has 1 aromatic heterocycles. The molecule has 1 heterocycles. The van der Waals surface area contributed by atoms with Crippen molar-refractivity contribution in [3.05, 3.63) is 23.0 Å². The van der Waals surface area contributed by atoms with E-state index in [1.54, 1.807) is 17.2 Å². The summed E-state index contributed by atoms with van der Waals surface area (Å²) >= 11 is 5.93. The lowest BCUT2D eigenvalue weighted by atomic mass is 10.3. The molecule has 0 spiro atoms. The van der Waals surface area contributed by atoms with Crippen LogP contribution in [-0.4, -0.2) is 40.2 Å². The number of likely N-dealkylation sites (N-methyl/N-ethyl adjacent to an activating group) is 1. The second-order valence-corrected chi connectivity index (χ2v) is 4.28. The first kappa shape index (κ1) is 14.1. The predicted molar refractivity (Wildman–Crippen MR) is 68.4 cm³/mol. The van der Waals surface area contributed by atoms with E-state index in [4.69, 9.17) is 16.7 Å². The molecule has 0 radical (unpaired) electrons. The first-order valence-electron chi connectivity index (χ1n) is 5.89. The Labute approximate surface area is 107 Å². The summed E-state index contributed by atoms with van der Waals surface area (Å²) < 4.78 is 1.87. The molecule has 1 N–H and O–H groups in total. The zero-order valence-corrected chi connectivity index (χ0v) is 11.1. The average molecular weight is 259 g/mol. The number of aromatic nitrogens is 1. The van der Waals surface area contributed by atoms with Crippen molar-refractivity contribution in [1.29, 1.82) is 0 Å². The minimum Gasteiger partial charge on any atom is -0.395 e. The summed E-state index contributed by atoms with van der Waals surface area (Å²) in [5.74, 6) is -0.0816. The van der Waals surface area contributed by atoms with Crippen LogP contribution in [0.1, 0.15) is 30.8 Å². The van der Waals surface area contributed by atoms with Crippen molar-refractivity contribution >= 4 is 17.5 Å². The fourth-order valence-corrected chi connectivity index (χ4v) is 1.99. The van der Waals surface area contributed by atoms with Gasteiger partial charge in [0.25, 0.3) is 5.91 Å². The van der Waals surface area contributed by atoms with Gasteiger partial charge in [0.05, 0.1) is 11.6 Å². The summed E-state index contributed by atoms with van der Waals surface area (Å²) in [6.07, 6.45) is 2.71. The van der Waals surface area contributed by atoms with Crippen LogP contribution in [0.25, 0.3) is 0 Å². The monoisotopic (exact) mass is 258 g/mol. The molecule has 0 fully saturated rings. The Kier molecular flexibility index (Phi) is 5.51. The molecule has 5 heteroatoms. The van der Waals surface area contributed by atoms with Gasteiger partial charge in [0.15, 0.2) is 0 Å². The number of hydrogen-bond acceptors (Lipinski definition) is 2. The molecule has 96 valence electrons. The molecule has 0 aliphatic rings. The standard InChI is InChI=1S/C12H19ClN2O2/c1-3-5-15-9-10(13)8-11(15)12(17)14(4-2)6-7-16/h8-9,16H,3-7H2,1-2H3. The van der Waals surface area contributed by atoms with E-state index in [1.807, 2.05) is 18.4 Å². The highest BCUT2D eigenvalue weighted by molar-refractivity contribution is 6.31. The highest BCUT2D eigenvalue weighted by Crippen LogP contribution is 2.16. The van der Waals surface area contributed by atoms with E-state index < -0.39 is 0 Å². The normalized spacial score (nSPS) is 10.6. The number of amides is 1. The third kappa shape index (κ3) is 3.48. The van der Waals surface area contributed by atoms with E-state index in [-0.39, 0.29) is 12.5 Å². The van der Waals surface area contributed by atoms with Gasteiger partial charge >= 0.3 is 0 Å². The summed E-state index contributed by atoms with van der Waals surface area (Å²) in [4.78, 5) is 13.8. The van der Waals surface area contributed by atoms with Crippen molar-refractivity contribution in [3.8, 4) is 0 Å². The van der Waals surface area contributed by atoms with E-state index in [1.165, 1.54) is 0 Å². The molecular weight excluding hydrogens is 240 g/mol. The van der Waals surface area contributed by atoms with Crippen LogP contribution in [0.15, 0.2) is 12.3 Å². The second kappa shape index (κ2) is 6.67. The molecule has 1 rings (SSSR count). The number of aryl methyl sites for hydroxylation is 1. The lowest BCUT2D eigenvalue weighted by Gasteiger charge is -2.20. The Morgan fingerprint density at radius 1 is 1.53 bits per heavy atom. The van der Waals surface area contributed by atoms with E-state index in [9.17, 15) is 4.79 Å². The molecule has 0 aliphatic carbocycles. The fraction of sp³-hybridized carbons (Fsp3) is 0.583. The molecule has 0 aliphatic heterocycles. The van der Waals surface area contributed by atoms with Gasteiger partial charge in [0.1, 0.15) is 5.69 Å². The largest absolute Gasteiger partial charge is 0.395 e. The molecule has 0 unspecified atom stereocenters. The number of rotatable bonds is 6. The third-order valence-corrected chi connectivity index (χ3v) is 2.79. The zero-order chi connectivity index (χ0) is 12.8. The number of halogens is 1. The van der Waals surface area contributed by atoms with Gasteiger partial charge in [-0.25, -0.2) is 0 Å². The van der Waals surface area contributed by atoms with Gasteiger partial charge in [-0.15, -0.1) is 0 Å². The maximum Gasteiger partial charge on any atom is 0.270 e. The Bertz CT molecular complexity index is 377. The van der Waals surface area contributed by atoms with Crippen molar-refractivity contribution in [3.63, 3.8) is 0 Å². The van der Waals surface area contributed by atoms with Gasteiger partial charge in [-0.1, -0.05) is 18.5 Å². The number of aliphatic hydroxyl groups is 1. The van der Waals surface area contributed by atoms with Crippen LogP contribution < -0.4 is 0 Å². The minimum absolute atomic E-state index is 0.0260. The predicted octanol–water partition coefficient (Wildman–Crippen LogP) is 2.01. The van der Waals surface area contributed by atoms with E-state index in [0.717, 1.165) is 13.0 Å². The SMILES string of the molecule is CCCn1cc(Cl)cc1C(=O)N(CC)CCO. The van der Waals surface area contributed by atoms with Gasteiger partial charge in [0.2, 0.25) is 0 Å². The first-order chi connectivity index (χ1) is 8.13. The maximum atomic E-state index is 12.2. The fourth-order valence-electron chi connectivity index (χ4n) is 1.77. The van der Waals surface area contributed by atoms with E-state index >= 15 is 0 Å². The van der Waals surface area contributed by atoms with Crippen molar-refractivity contribution < 1.29 is 9.90 Å². The highest BCUT2D eigenvalue weighted by Gasteiger charge is 2.18. The lowest BCUT2D eigenvalue weighted by molar-refractivity contribution is 0.0721. The van der Waals surface area contributed by atoms with Crippen LogP contribution in [0.3, 0.4) is 0 Å². The van der Waals surface area contributed by atoms with Crippen LogP contribution in [0.5, 0.6) is 0 Å². The smallest absolute Gasteiger partial charge is 0.270 e. The number of nitrogens with zero attached hydrogens (tertiary/aromatic N) is 2.